The van der Waals surface area contributed by atoms with Crippen LogP contribution in [0, 0.1) is 0 Å². The Labute approximate surface area is 101 Å². The number of benzene rings is 1. The zero-order valence-corrected chi connectivity index (χ0v) is 10.3. The molecule has 0 aliphatic rings. The predicted molar refractivity (Wildman–Crippen MR) is 67.7 cm³/mol. The molecule has 0 radical (unpaired) electrons. The Morgan fingerprint density at radius 3 is 2.75 bits per heavy atom. The van der Waals surface area contributed by atoms with Gasteiger partial charge in [-0.2, -0.15) is 5.10 Å². The van der Waals surface area contributed by atoms with E-state index in [4.69, 9.17) is 11.6 Å². The zero-order valence-electron chi connectivity index (χ0n) is 9.57. The monoisotopic (exact) mass is 234 g/mol. The summed E-state index contributed by atoms with van der Waals surface area (Å²) in [6, 6.07) is 6.03. The predicted octanol–water partition coefficient (Wildman–Crippen LogP) is 3.79. The van der Waals surface area contributed by atoms with Gasteiger partial charge in [-0.15, -0.1) is 0 Å². The lowest BCUT2D eigenvalue weighted by atomic mass is 10.0. The maximum absolute atomic E-state index is 5.99. The molecule has 2 aromatic rings. The molecule has 0 fully saturated rings. The molecule has 0 aliphatic heterocycles. The van der Waals surface area contributed by atoms with E-state index in [1.807, 2.05) is 23.0 Å². The third-order valence-electron chi connectivity index (χ3n) is 2.72. The molecule has 84 valence electrons. The highest BCUT2D eigenvalue weighted by Crippen LogP contribution is 2.26. The van der Waals surface area contributed by atoms with Crippen LogP contribution in [0.15, 0.2) is 30.6 Å². The van der Waals surface area contributed by atoms with Gasteiger partial charge in [-0.05, 0) is 36.6 Å². The Morgan fingerprint density at radius 2 is 2.12 bits per heavy atom. The van der Waals surface area contributed by atoms with Crippen LogP contribution in [0.4, 0.5) is 0 Å². The van der Waals surface area contributed by atoms with E-state index in [2.05, 4.69) is 31.2 Å². The average Bonchev–Trinajstić information content (AvgIpc) is 2.77. The number of rotatable bonds is 3. The first kappa shape index (κ1) is 11.2. The van der Waals surface area contributed by atoms with Crippen LogP contribution in [-0.4, -0.2) is 9.78 Å². The lowest BCUT2D eigenvalue weighted by Gasteiger charge is -2.05. The third kappa shape index (κ3) is 2.12. The summed E-state index contributed by atoms with van der Waals surface area (Å²) >= 11 is 5.99. The second kappa shape index (κ2) is 4.71. The molecule has 16 heavy (non-hydrogen) atoms. The quantitative estimate of drug-likeness (QED) is 0.790. The van der Waals surface area contributed by atoms with Gasteiger partial charge in [0.05, 0.1) is 6.20 Å². The van der Waals surface area contributed by atoms with Gasteiger partial charge < -0.3 is 0 Å². The average molecular weight is 235 g/mol. The van der Waals surface area contributed by atoms with Crippen molar-refractivity contribution in [3.8, 4) is 11.1 Å². The number of halogens is 1. The van der Waals surface area contributed by atoms with Gasteiger partial charge in [0.15, 0.2) is 0 Å². The summed E-state index contributed by atoms with van der Waals surface area (Å²) in [5, 5.41) is 5.09. The van der Waals surface area contributed by atoms with Gasteiger partial charge >= 0.3 is 0 Å². The Kier molecular flexibility index (Phi) is 3.30. The summed E-state index contributed by atoms with van der Waals surface area (Å²) in [4.78, 5) is 0. The van der Waals surface area contributed by atoms with Crippen LogP contribution in [0.2, 0.25) is 5.02 Å². The summed E-state index contributed by atoms with van der Waals surface area (Å²) < 4.78 is 1.93. The van der Waals surface area contributed by atoms with E-state index in [1.54, 1.807) is 0 Å². The molecule has 2 nitrogen and oxygen atoms in total. The molecule has 0 amide bonds. The van der Waals surface area contributed by atoms with Crippen LogP contribution >= 0.6 is 11.6 Å². The Hall–Kier alpha value is -1.28. The third-order valence-corrected chi connectivity index (χ3v) is 2.95. The SMILES string of the molecule is CCc1cc(Cl)ccc1-c1cnn(CC)c1. The first-order chi connectivity index (χ1) is 7.74. The van der Waals surface area contributed by atoms with Crippen LogP contribution in [0.1, 0.15) is 19.4 Å². The van der Waals surface area contributed by atoms with E-state index in [0.29, 0.717) is 0 Å². The van der Waals surface area contributed by atoms with Crippen LogP contribution < -0.4 is 0 Å². The number of aryl methyl sites for hydroxylation is 2. The smallest absolute Gasteiger partial charge is 0.0568 e. The fraction of sp³-hybridized carbons (Fsp3) is 0.308. The summed E-state index contributed by atoms with van der Waals surface area (Å²) in [5.41, 5.74) is 3.66. The molecule has 2 rings (SSSR count). The highest BCUT2D eigenvalue weighted by atomic mass is 35.5. The molecule has 0 atom stereocenters. The molecule has 0 saturated carbocycles. The summed E-state index contributed by atoms with van der Waals surface area (Å²) in [6.45, 7) is 5.12. The fourth-order valence-electron chi connectivity index (χ4n) is 1.81. The topological polar surface area (TPSA) is 17.8 Å². The number of hydrogen-bond acceptors (Lipinski definition) is 1. The zero-order chi connectivity index (χ0) is 11.5. The van der Waals surface area contributed by atoms with Gasteiger partial charge in [-0.1, -0.05) is 24.6 Å². The van der Waals surface area contributed by atoms with Crippen LogP contribution in [0.25, 0.3) is 11.1 Å². The van der Waals surface area contributed by atoms with E-state index in [9.17, 15) is 0 Å². The number of aromatic nitrogens is 2. The van der Waals surface area contributed by atoms with E-state index in [0.717, 1.165) is 23.6 Å². The molecule has 0 N–H and O–H groups in total. The maximum Gasteiger partial charge on any atom is 0.0568 e. The summed E-state index contributed by atoms with van der Waals surface area (Å²) in [6.07, 6.45) is 4.96. The van der Waals surface area contributed by atoms with Crippen molar-refractivity contribution in [1.82, 2.24) is 9.78 Å². The first-order valence-corrected chi connectivity index (χ1v) is 5.93. The van der Waals surface area contributed by atoms with Crippen molar-refractivity contribution in [3.63, 3.8) is 0 Å². The van der Waals surface area contributed by atoms with Crippen LogP contribution in [0.3, 0.4) is 0 Å². The Morgan fingerprint density at radius 1 is 1.31 bits per heavy atom. The molecule has 0 unspecified atom stereocenters. The van der Waals surface area contributed by atoms with Crippen molar-refractivity contribution in [1.29, 1.82) is 0 Å². The molecule has 0 saturated heterocycles. The Bertz CT molecular complexity index is 488. The Balaban J connectivity index is 2.46. The van der Waals surface area contributed by atoms with Gasteiger partial charge in [0.1, 0.15) is 0 Å². The normalized spacial score (nSPS) is 10.7. The molecule has 1 aromatic carbocycles. The molecular weight excluding hydrogens is 220 g/mol. The van der Waals surface area contributed by atoms with Gasteiger partial charge in [0.2, 0.25) is 0 Å². The maximum atomic E-state index is 5.99. The number of nitrogens with zero attached hydrogens (tertiary/aromatic N) is 2. The minimum Gasteiger partial charge on any atom is -0.272 e. The fourth-order valence-corrected chi connectivity index (χ4v) is 2.01. The molecule has 0 aliphatic carbocycles. The van der Waals surface area contributed by atoms with Crippen molar-refractivity contribution in [2.45, 2.75) is 26.8 Å². The highest BCUT2D eigenvalue weighted by Gasteiger charge is 2.06. The first-order valence-electron chi connectivity index (χ1n) is 5.55. The molecule has 3 heteroatoms. The van der Waals surface area contributed by atoms with Crippen molar-refractivity contribution < 1.29 is 0 Å². The molecule has 1 heterocycles. The van der Waals surface area contributed by atoms with Crippen molar-refractivity contribution in [3.05, 3.63) is 41.2 Å². The van der Waals surface area contributed by atoms with Gasteiger partial charge in [0.25, 0.3) is 0 Å². The molecular formula is C13H15ClN2. The number of hydrogen-bond donors (Lipinski definition) is 0. The van der Waals surface area contributed by atoms with E-state index >= 15 is 0 Å². The highest BCUT2D eigenvalue weighted by molar-refractivity contribution is 6.30. The van der Waals surface area contributed by atoms with Crippen molar-refractivity contribution in [2.75, 3.05) is 0 Å². The van der Waals surface area contributed by atoms with Gasteiger partial charge in [-0.25, -0.2) is 0 Å². The van der Waals surface area contributed by atoms with Crippen molar-refractivity contribution >= 4 is 11.6 Å². The van der Waals surface area contributed by atoms with Crippen molar-refractivity contribution in [2.24, 2.45) is 0 Å². The van der Waals surface area contributed by atoms with Crippen LogP contribution in [-0.2, 0) is 13.0 Å². The lowest BCUT2D eigenvalue weighted by molar-refractivity contribution is 0.660. The molecule has 0 spiro atoms. The summed E-state index contributed by atoms with van der Waals surface area (Å²) in [5.74, 6) is 0. The lowest BCUT2D eigenvalue weighted by Crippen LogP contribution is -1.92. The van der Waals surface area contributed by atoms with E-state index < -0.39 is 0 Å². The minimum absolute atomic E-state index is 0.795. The van der Waals surface area contributed by atoms with E-state index in [1.165, 1.54) is 11.1 Å². The molecule has 1 aromatic heterocycles. The van der Waals surface area contributed by atoms with Gasteiger partial charge in [0, 0.05) is 23.3 Å². The standard InChI is InChI=1S/C13H15ClN2/c1-3-10-7-12(14)5-6-13(10)11-8-15-16(4-2)9-11/h5-9H,3-4H2,1-2H3. The summed E-state index contributed by atoms with van der Waals surface area (Å²) in [7, 11) is 0. The second-order valence-corrected chi connectivity index (χ2v) is 4.18. The minimum atomic E-state index is 0.795. The van der Waals surface area contributed by atoms with Crippen LogP contribution in [0.5, 0.6) is 0 Å². The van der Waals surface area contributed by atoms with E-state index in [-0.39, 0.29) is 0 Å². The van der Waals surface area contributed by atoms with Gasteiger partial charge in [-0.3, -0.25) is 4.68 Å². The second-order valence-electron chi connectivity index (χ2n) is 3.74. The molecule has 0 bridgehead atoms. The largest absolute Gasteiger partial charge is 0.272 e.